The first-order chi connectivity index (χ1) is 6.27. The molecule has 14 heavy (non-hydrogen) atoms. The van der Waals surface area contributed by atoms with Gasteiger partial charge in [0.15, 0.2) is 0 Å². The molecular weight excluding hydrogens is 196 g/mol. The lowest BCUT2D eigenvalue weighted by Crippen LogP contribution is -2.32. The zero-order chi connectivity index (χ0) is 11.4. The van der Waals surface area contributed by atoms with Gasteiger partial charge >= 0.3 is 11.9 Å². The van der Waals surface area contributed by atoms with E-state index in [1.165, 1.54) is 12.8 Å². The number of nitrogens with two attached hydrogens (primary N) is 1. The Kier molecular flexibility index (Phi) is 4.47. The van der Waals surface area contributed by atoms with E-state index in [1.807, 2.05) is 5.92 Å². The number of aliphatic carboxylic acids is 1. The molecule has 0 heterocycles. The van der Waals surface area contributed by atoms with Gasteiger partial charge in [-0.25, -0.2) is 4.79 Å². The van der Waals surface area contributed by atoms with Gasteiger partial charge in [-0.05, 0) is 12.8 Å². The van der Waals surface area contributed by atoms with Crippen LogP contribution in [-0.2, 0) is 4.79 Å². The maximum Gasteiger partial charge on any atom is 0.402 e. The summed E-state index contributed by atoms with van der Waals surface area (Å²) in [5.74, 6) is -3.16. The Morgan fingerprint density at radius 1 is 1.64 bits per heavy atom. The van der Waals surface area contributed by atoms with Gasteiger partial charge in [-0.3, -0.25) is 0 Å². The Morgan fingerprint density at radius 3 is 2.50 bits per heavy atom. The van der Waals surface area contributed by atoms with Crippen molar-refractivity contribution in [3.05, 3.63) is 0 Å². The van der Waals surface area contributed by atoms with Crippen LogP contribution in [0.5, 0.6) is 0 Å². The van der Waals surface area contributed by atoms with Crippen LogP contribution < -0.4 is 5.73 Å². The fourth-order valence-electron chi connectivity index (χ4n) is 0.504. The third-order valence-corrected chi connectivity index (χ3v) is 1.47. The van der Waals surface area contributed by atoms with E-state index in [4.69, 9.17) is 15.9 Å². The van der Waals surface area contributed by atoms with Gasteiger partial charge in [-0.2, -0.15) is 8.78 Å². The number of rotatable bonds is 3. The van der Waals surface area contributed by atoms with Crippen molar-refractivity contribution in [2.45, 2.75) is 31.4 Å². The Morgan fingerprint density at radius 2 is 2.14 bits per heavy atom. The van der Waals surface area contributed by atoms with Crippen LogP contribution in [0, 0.1) is 11.8 Å². The van der Waals surface area contributed by atoms with Crippen LogP contribution in [0.3, 0.4) is 0 Å². The smallest absolute Gasteiger partial charge is 0.402 e. The summed E-state index contributed by atoms with van der Waals surface area (Å²) in [5.41, 5.74) is 5.28. The van der Waals surface area contributed by atoms with E-state index < -0.39 is 24.0 Å². The van der Waals surface area contributed by atoms with E-state index in [2.05, 4.69) is 0 Å². The summed E-state index contributed by atoms with van der Waals surface area (Å²) in [4.78, 5) is 9.90. The van der Waals surface area contributed by atoms with Gasteiger partial charge in [0.1, 0.15) is 0 Å². The van der Waals surface area contributed by atoms with E-state index in [0.717, 1.165) is 0 Å². The molecule has 0 aliphatic heterocycles. The molecule has 0 bridgehead atoms. The number of aliphatic hydroxyl groups excluding tert-OH is 1. The van der Waals surface area contributed by atoms with E-state index >= 15 is 0 Å². The van der Waals surface area contributed by atoms with Crippen molar-refractivity contribution in [2.24, 2.45) is 5.73 Å². The average Bonchev–Trinajstić information content (AvgIpc) is 2.03. The second-order valence-corrected chi connectivity index (χ2v) is 2.79. The number of alkyl halides is 2. The average molecular weight is 207 g/mol. The molecule has 80 valence electrons. The van der Waals surface area contributed by atoms with Gasteiger partial charge < -0.3 is 15.9 Å². The van der Waals surface area contributed by atoms with E-state index in [-0.39, 0.29) is 6.42 Å². The van der Waals surface area contributed by atoms with Crippen molar-refractivity contribution in [1.82, 2.24) is 0 Å². The van der Waals surface area contributed by atoms with Gasteiger partial charge in [0, 0.05) is 12.5 Å². The third kappa shape index (κ3) is 4.16. The summed E-state index contributed by atoms with van der Waals surface area (Å²) in [6, 6.07) is -0.757. The molecule has 6 heteroatoms. The highest BCUT2D eigenvalue weighted by atomic mass is 19.3. The Labute approximate surface area is 79.7 Å². The normalized spacial score (nSPS) is 15.2. The molecule has 0 rings (SSSR count). The van der Waals surface area contributed by atoms with Crippen molar-refractivity contribution >= 4 is 5.97 Å². The largest absolute Gasteiger partial charge is 0.476 e. The third-order valence-electron chi connectivity index (χ3n) is 1.47. The predicted octanol–water partition coefficient (Wildman–Crippen LogP) is -0.192. The molecule has 0 aromatic heterocycles. The van der Waals surface area contributed by atoms with Crippen LogP contribution in [-0.4, -0.2) is 34.3 Å². The molecule has 4 N–H and O–H groups in total. The minimum atomic E-state index is -4.06. The van der Waals surface area contributed by atoms with Crippen LogP contribution in [0.4, 0.5) is 8.78 Å². The molecule has 0 saturated carbocycles. The van der Waals surface area contributed by atoms with Crippen LogP contribution in [0.15, 0.2) is 0 Å². The standard InChI is InChI=1S/C8H11F2NO3/c1-5(12)6(11)3-2-4-8(9,10)7(13)14/h5-6,12H,3,11H2,1H3,(H,13,14). The van der Waals surface area contributed by atoms with Crippen molar-refractivity contribution in [1.29, 1.82) is 0 Å². The second kappa shape index (κ2) is 4.88. The summed E-state index contributed by atoms with van der Waals surface area (Å²) in [6.45, 7) is 1.39. The SMILES string of the molecule is CC(O)C(N)CC#CC(F)(F)C(=O)O. The number of hydrogen-bond donors (Lipinski definition) is 3. The Bertz CT molecular complexity index is 267. The van der Waals surface area contributed by atoms with Crippen molar-refractivity contribution < 1.29 is 23.8 Å². The summed E-state index contributed by atoms with van der Waals surface area (Å²) >= 11 is 0. The number of halogens is 2. The van der Waals surface area contributed by atoms with E-state index in [1.54, 1.807) is 0 Å². The zero-order valence-electron chi connectivity index (χ0n) is 7.50. The highest BCUT2D eigenvalue weighted by Gasteiger charge is 2.36. The molecule has 0 saturated heterocycles. The molecule has 0 aliphatic carbocycles. The Balaban J connectivity index is 4.25. The number of hydrogen-bond acceptors (Lipinski definition) is 3. The van der Waals surface area contributed by atoms with Crippen LogP contribution in [0.1, 0.15) is 13.3 Å². The quantitative estimate of drug-likeness (QED) is 0.560. The first-order valence-electron chi connectivity index (χ1n) is 3.82. The van der Waals surface area contributed by atoms with Crippen LogP contribution >= 0.6 is 0 Å². The number of carboxylic acid groups (broad SMARTS) is 1. The summed E-state index contributed by atoms with van der Waals surface area (Å²) < 4.78 is 24.6. The Hall–Kier alpha value is -1.19. The molecule has 4 nitrogen and oxygen atoms in total. The number of aliphatic hydroxyl groups is 1. The lowest BCUT2D eigenvalue weighted by molar-refractivity contribution is -0.156. The lowest BCUT2D eigenvalue weighted by atomic mass is 10.1. The molecule has 0 aromatic rings. The number of carboxylic acids is 1. The molecule has 0 aliphatic rings. The fourth-order valence-corrected chi connectivity index (χ4v) is 0.504. The van der Waals surface area contributed by atoms with E-state index in [0.29, 0.717) is 0 Å². The molecular formula is C8H11F2NO3. The maximum atomic E-state index is 12.3. The minimum absolute atomic E-state index is 0.180. The maximum absolute atomic E-state index is 12.3. The van der Waals surface area contributed by atoms with Gasteiger partial charge in [-0.15, -0.1) is 0 Å². The van der Waals surface area contributed by atoms with Crippen molar-refractivity contribution in [2.75, 3.05) is 0 Å². The van der Waals surface area contributed by atoms with Gasteiger partial charge in [0.25, 0.3) is 0 Å². The molecule has 0 spiro atoms. The van der Waals surface area contributed by atoms with Crippen LogP contribution in [0.25, 0.3) is 0 Å². The molecule has 0 aromatic carbocycles. The highest BCUT2D eigenvalue weighted by Crippen LogP contribution is 2.11. The minimum Gasteiger partial charge on any atom is -0.476 e. The summed E-state index contributed by atoms with van der Waals surface area (Å²) in [7, 11) is 0. The lowest BCUT2D eigenvalue weighted by Gasteiger charge is -2.10. The van der Waals surface area contributed by atoms with Gasteiger partial charge in [-0.1, -0.05) is 5.92 Å². The monoisotopic (exact) mass is 207 g/mol. The second-order valence-electron chi connectivity index (χ2n) is 2.79. The first kappa shape index (κ1) is 12.8. The topological polar surface area (TPSA) is 83.5 Å². The van der Waals surface area contributed by atoms with Gasteiger partial charge in [0.05, 0.1) is 6.10 Å². The first-order valence-corrected chi connectivity index (χ1v) is 3.82. The number of carbonyl (C=O) groups is 1. The molecule has 2 atom stereocenters. The molecule has 0 amide bonds. The highest BCUT2D eigenvalue weighted by molar-refractivity contribution is 5.79. The molecule has 0 radical (unpaired) electrons. The zero-order valence-corrected chi connectivity index (χ0v) is 7.50. The van der Waals surface area contributed by atoms with E-state index in [9.17, 15) is 13.6 Å². The predicted molar refractivity (Wildman–Crippen MR) is 44.6 cm³/mol. The van der Waals surface area contributed by atoms with Crippen molar-refractivity contribution in [3.8, 4) is 11.8 Å². The summed E-state index contributed by atoms with van der Waals surface area (Å²) in [6.07, 6.45) is -1.05. The molecule has 2 unspecified atom stereocenters. The van der Waals surface area contributed by atoms with Crippen LogP contribution in [0.2, 0.25) is 0 Å². The molecule has 0 fully saturated rings. The van der Waals surface area contributed by atoms with Crippen molar-refractivity contribution in [3.63, 3.8) is 0 Å². The van der Waals surface area contributed by atoms with Gasteiger partial charge in [0.2, 0.25) is 0 Å². The summed E-state index contributed by atoms with van der Waals surface area (Å²) in [5, 5.41) is 16.8. The fraction of sp³-hybridized carbons (Fsp3) is 0.625.